The molecule has 17 heavy (non-hydrogen) atoms. The molecule has 0 atom stereocenters. The SMILES string of the molecule is CCN(CCCO)Cc1cccc2c1NCC2. The molecule has 94 valence electrons. The highest BCUT2D eigenvalue weighted by molar-refractivity contribution is 5.61. The van der Waals surface area contributed by atoms with Gasteiger partial charge in [-0.05, 0) is 30.5 Å². The summed E-state index contributed by atoms with van der Waals surface area (Å²) in [6, 6.07) is 6.57. The lowest BCUT2D eigenvalue weighted by molar-refractivity contribution is 0.225. The van der Waals surface area contributed by atoms with Gasteiger partial charge in [-0.2, -0.15) is 0 Å². The van der Waals surface area contributed by atoms with Crippen molar-refractivity contribution in [2.75, 3.05) is 31.6 Å². The number of rotatable bonds is 6. The standard InChI is InChI=1S/C14H22N2O/c1-2-16(9-4-10-17)11-13-6-3-5-12-7-8-15-14(12)13/h3,5-6,15,17H,2,4,7-11H2,1H3. The average Bonchev–Trinajstić information content (AvgIpc) is 2.83. The predicted molar refractivity (Wildman–Crippen MR) is 71.3 cm³/mol. The van der Waals surface area contributed by atoms with Gasteiger partial charge in [0.1, 0.15) is 0 Å². The number of aliphatic hydroxyl groups excluding tert-OH is 1. The van der Waals surface area contributed by atoms with Gasteiger partial charge in [0.05, 0.1) is 0 Å². The maximum absolute atomic E-state index is 8.89. The molecule has 3 heteroatoms. The van der Waals surface area contributed by atoms with Crippen molar-refractivity contribution in [2.45, 2.75) is 26.3 Å². The first kappa shape index (κ1) is 12.4. The van der Waals surface area contributed by atoms with Gasteiger partial charge in [-0.15, -0.1) is 0 Å². The van der Waals surface area contributed by atoms with Crippen molar-refractivity contribution in [2.24, 2.45) is 0 Å². The molecule has 0 bridgehead atoms. The fraction of sp³-hybridized carbons (Fsp3) is 0.571. The molecule has 0 aromatic heterocycles. The van der Waals surface area contributed by atoms with Gasteiger partial charge in [0.25, 0.3) is 0 Å². The first-order valence-electron chi connectivity index (χ1n) is 6.53. The minimum atomic E-state index is 0.279. The number of anilines is 1. The van der Waals surface area contributed by atoms with Crippen LogP contribution in [0.1, 0.15) is 24.5 Å². The highest BCUT2D eigenvalue weighted by Gasteiger charge is 2.14. The molecule has 2 rings (SSSR count). The molecule has 1 aromatic carbocycles. The molecule has 1 aliphatic heterocycles. The second-order valence-electron chi connectivity index (χ2n) is 4.57. The quantitative estimate of drug-likeness (QED) is 0.788. The summed E-state index contributed by atoms with van der Waals surface area (Å²) in [7, 11) is 0. The fourth-order valence-corrected chi connectivity index (χ4v) is 2.43. The van der Waals surface area contributed by atoms with Gasteiger partial charge in [0, 0.05) is 31.9 Å². The van der Waals surface area contributed by atoms with Crippen molar-refractivity contribution in [3.05, 3.63) is 29.3 Å². The summed E-state index contributed by atoms with van der Waals surface area (Å²) in [4.78, 5) is 2.38. The van der Waals surface area contributed by atoms with Crippen LogP contribution in [0.2, 0.25) is 0 Å². The largest absolute Gasteiger partial charge is 0.396 e. The van der Waals surface area contributed by atoms with E-state index in [4.69, 9.17) is 5.11 Å². The van der Waals surface area contributed by atoms with E-state index >= 15 is 0 Å². The third kappa shape index (κ3) is 2.99. The van der Waals surface area contributed by atoms with Crippen LogP contribution in [0.25, 0.3) is 0 Å². The van der Waals surface area contributed by atoms with Crippen molar-refractivity contribution >= 4 is 5.69 Å². The predicted octanol–water partition coefficient (Wildman–Crippen LogP) is 1.86. The maximum atomic E-state index is 8.89. The summed E-state index contributed by atoms with van der Waals surface area (Å²) < 4.78 is 0. The summed E-state index contributed by atoms with van der Waals surface area (Å²) in [5.41, 5.74) is 4.18. The lowest BCUT2D eigenvalue weighted by atomic mass is 10.1. The lowest BCUT2D eigenvalue weighted by Gasteiger charge is -2.21. The molecular formula is C14H22N2O. The number of nitrogens with one attached hydrogen (secondary N) is 1. The van der Waals surface area contributed by atoms with Crippen molar-refractivity contribution in [3.8, 4) is 0 Å². The van der Waals surface area contributed by atoms with Crippen LogP contribution in [-0.4, -0.2) is 36.2 Å². The molecule has 3 nitrogen and oxygen atoms in total. The van der Waals surface area contributed by atoms with Gasteiger partial charge in [-0.3, -0.25) is 4.90 Å². The van der Waals surface area contributed by atoms with Gasteiger partial charge < -0.3 is 10.4 Å². The number of hydrogen-bond donors (Lipinski definition) is 2. The molecule has 0 spiro atoms. The number of para-hydroxylation sites is 1. The Labute approximate surface area is 103 Å². The first-order valence-corrected chi connectivity index (χ1v) is 6.53. The summed E-state index contributed by atoms with van der Waals surface area (Å²) in [6.45, 7) is 6.50. The van der Waals surface area contributed by atoms with Crippen LogP contribution in [0, 0.1) is 0 Å². The molecule has 2 N–H and O–H groups in total. The van der Waals surface area contributed by atoms with Gasteiger partial charge in [-0.25, -0.2) is 0 Å². The number of nitrogens with zero attached hydrogens (tertiary/aromatic N) is 1. The van der Waals surface area contributed by atoms with Crippen LogP contribution in [-0.2, 0) is 13.0 Å². The van der Waals surface area contributed by atoms with Gasteiger partial charge in [-0.1, -0.05) is 25.1 Å². The van der Waals surface area contributed by atoms with Crippen LogP contribution in [0.4, 0.5) is 5.69 Å². The van der Waals surface area contributed by atoms with Crippen LogP contribution < -0.4 is 5.32 Å². The van der Waals surface area contributed by atoms with Crippen molar-refractivity contribution < 1.29 is 5.11 Å². The molecule has 0 fully saturated rings. The monoisotopic (exact) mass is 234 g/mol. The second kappa shape index (κ2) is 6.03. The molecule has 0 radical (unpaired) electrons. The molecule has 0 saturated heterocycles. The van der Waals surface area contributed by atoms with Crippen molar-refractivity contribution in [1.82, 2.24) is 4.90 Å². The molecule has 0 amide bonds. The van der Waals surface area contributed by atoms with Crippen LogP contribution >= 0.6 is 0 Å². The Morgan fingerprint density at radius 2 is 2.29 bits per heavy atom. The first-order chi connectivity index (χ1) is 8.35. The summed E-state index contributed by atoms with van der Waals surface area (Å²) >= 11 is 0. The van der Waals surface area contributed by atoms with E-state index in [2.05, 4.69) is 35.3 Å². The Hall–Kier alpha value is -1.06. The van der Waals surface area contributed by atoms with E-state index in [0.29, 0.717) is 0 Å². The Kier molecular flexibility index (Phi) is 4.40. The summed E-state index contributed by atoms with van der Waals surface area (Å²) in [5.74, 6) is 0. The highest BCUT2D eigenvalue weighted by atomic mass is 16.3. The van der Waals surface area contributed by atoms with Crippen molar-refractivity contribution in [1.29, 1.82) is 0 Å². The normalized spacial score (nSPS) is 13.8. The fourth-order valence-electron chi connectivity index (χ4n) is 2.43. The van der Waals surface area contributed by atoms with Crippen LogP contribution in [0.15, 0.2) is 18.2 Å². The maximum Gasteiger partial charge on any atom is 0.0443 e. The minimum Gasteiger partial charge on any atom is -0.396 e. The van der Waals surface area contributed by atoms with Crippen LogP contribution in [0.5, 0.6) is 0 Å². The van der Waals surface area contributed by atoms with E-state index in [1.54, 1.807) is 0 Å². The third-order valence-electron chi connectivity index (χ3n) is 3.41. The number of fused-ring (bicyclic) bond motifs is 1. The Morgan fingerprint density at radius 1 is 1.41 bits per heavy atom. The zero-order chi connectivity index (χ0) is 12.1. The van der Waals surface area contributed by atoms with E-state index in [9.17, 15) is 0 Å². The lowest BCUT2D eigenvalue weighted by Crippen LogP contribution is -2.25. The van der Waals surface area contributed by atoms with E-state index in [1.165, 1.54) is 16.8 Å². The Morgan fingerprint density at radius 3 is 3.06 bits per heavy atom. The average molecular weight is 234 g/mol. The number of aliphatic hydroxyl groups is 1. The highest BCUT2D eigenvalue weighted by Crippen LogP contribution is 2.27. The Bertz CT molecular complexity index is 365. The van der Waals surface area contributed by atoms with E-state index in [0.717, 1.165) is 39.0 Å². The van der Waals surface area contributed by atoms with Gasteiger partial charge >= 0.3 is 0 Å². The van der Waals surface area contributed by atoms with Crippen LogP contribution in [0.3, 0.4) is 0 Å². The van der Waals surface area contributed by atoms with Crippen molar-refractivity contribution in [3.63, 3.8) is 0 Å². The minimum absolute atomic E-state index is 0.279. The third-order valence-corrected chi connectivity index (χ3v) is 3.41. The summed E-state index contributed by atoms with van der Waals surface area (Å²) in [6.07, 6.45) is 2.00. The van der Waals surface area contributed by atoms with E-state index in [1.807, 2.05) is 0 Å². The molecule has 1 aliphatic rings. The molecule has 0 saturated carbocycles. The molecular weight excluding hydrogens is 212 g/mol. The zero-order valence-electron chi connectivity index (χ0n) is 10.6. The number of benzene rings is 1. The second-order valence-corrected chi connectivity index (χ2v) is 4.57. The smallest absolute Gasteiger partial charge is 0.0443 e. The topological polar surface area (TPSA) is 35.5 Å². The van der Waals surface area contributed by atoms with E-state index < -0.39 is 0 Å². The number of hydrogen-bond acceptors (Lipinski definition) is 3. The van der Waals surface area contributed by atoms with E-state index in [-0.39, 0.29) is 6.61 Å². The zero-order valence-corrected chi connectivity index (χ0v) is 10.6. The molecule has 0 unspecified atom stereocenters. The molecule has 1 heterocycles. The molecule has 0 aliphatic carbocycles. The van der Waals surface area contributed by atoms with Gasteiger partial charge in [0.15, 0.2) is 0 Å². The molecule has 1 aromatic rings. The summed E-state index contributed by atoms with van der Waals surface area (Å²) in [5, 5.41) is 12.4. The van der Waals surface area contributed by atoms with Gasteiger partial charge in [0.2, 0.25) is 0 Å². The Balaban J connectivity index is 2.04.